The molecule has 3 rings (SSSR count). The van der Waals surface area contributed by atoms with Gasteiger partial charge in [0.05, 0.1) is 32.7 Å². The summed E-state index contributed by atoms with van der Waals surface area (Å²) in [5, 5.41) is 0. The van der Waals surface area contributed by atoms with Crippen molar-refractivity contribution in [2.45, 2.75) is 24.2 Å². The molecule has 30 heavy (non-hydrogen) atoms. The van der Waals surface area contributed by atoms with E-state index in [1.54, 1.807) is 6.07 Å². The van der Waals surface area contributed by atoms with Gasteiger partial charge in [-0.15, -0.1) is 0 Å². The van der Waals surface area contributed by atoms with E-state index in [0.717, 1.165) is 4.90 Å². The molecule has 9 nitrogen and oxygen atoms in total. The van der Waals surface area contributed by atoms with Gasteiger partial charge in [-0.2, -0.15) is 0 Å². The zero-order valence-electron chi connectivity index (χ0n) is 16.8. The quantitative estimate of drug-likeness (QED) is 0.667. The average Bonchev–Trinajstić information content (AvgIpc) is 2.73. The summed E-state index contributed by atoms with van der Waals surface area (Å²) in [6.07, 6.45) is 0.927. The van der Waals surface area contributed by atoms with E-state index in [1.807, 2.05) is 0 Å². The van der Waals surface area contributed by atoms with Crippen molar-refractivity contribution in [1.29, 1.82) is 0 Å². The first-order valence-electron chi connectivity index (χ1n) is 9.09. The van der Waals surface area contributed by atoms with Gasteiger partial charge in [0.2, 0.25) is 11.8 Å². The Balaban J connectivity index is 2.03. The Kier molecular flexibility index (Phi) is 6.16. The Morgan fingerprint density at radius 3 is 2.13 bits per heavy atom. The largest absolute Gasteiger partial charge is 0.497 e. The number of nitrogens with zero attached hydrogens (tertiary/aromatic N) is 1. The van der Waals surface area contributed by atoms with E-state index in [0.29, 0.717) is 12.2 Å². The van der Waals surface area contributed by atoms with Gasteiger partial charge in [0.1, 0.15) is 22.1 Å². The van der Waals surface area contributed by atoms with Gasteiger partial charge >= 0.3 is 0 Å². The standard InChI is InChI=1S/C20H22N2O7S/c1-27-14-8-9-15(17(12-14)29-3)21-30(25,26)18-11-13(7-10-16(18)28-2)22-19(23)5-4-6-20(22)24/h7-12,21H,4-6H2,1-3H3. The molecule has 1 saturated heterocycles. The van der Waals surface area contributed by atoms with Crippen LogP contribution in [-0.4, -0.2) is 41.6 Å². The van der Waals surface area contributed by atoms with Crippen molar-refractivity contribution in [3.05, 3.63) is 36.4 Å². The number of ether oxygens (including phenoxy) is 3. The highest BCUT2D eigenvalue weighted by molar-refractivity contribution is 7.92. The highest BCUT2D eigenvalue weighted by Crippen LogP contribution is 2.35. The molecular weight excluding hydrogens is 412 g/mol. The number of sulfonamides is 1. The Morgan fingerprint density at radius 1 is 0.867 bits per heavy atom. The topological polar surface area (TPSA) is 111 Å². The Bertz CT molecular complexity index is 1070. The molecule has 10 heteroatoms. The van der Waals surface area contributed by atoms with Crippen LogP contribution in [-0.2, 0) is 19.6 Å². The van der Waals surface area contributed by atoms with E-state index >= 15 is 0 Å². The molecule has 0 radical (unpaired) electrons. The van der Waals surface area contributed by atoms with Crippen LogP contribution >= 0.6 is 0 Å². The van der Waals surface area contributed by atoms with Gasteiger partial charge in [-0.1, -0.05) is 0 Å². The van der Waals surface area contributed by atoms with Crippen molar-refractivity contribution in [3.8, 4) is 17.2 Å². The number of piperidine rings is 1. The maximum absolute atomic E-state index is 13.1. The number of nitrogens with one attached hydrogen (secondary N) is 1. The van der Waals surface area contributed by atoms with Crippen molar-refractivity contribution in [1.82, 2.24) is 0 Å². The van der Waals surface area contributed by atoms with Gasteiger partial charge in [-0.3, -0.25) is 19.2 Å². The molecule has 2 aromatic rings. The normalized spacial score (nSPS) is 14.4. The van der Waals surface area contributed by atoms with Crippen LogP contribution < -0.4 is 23.8 Å². The summed E-state index contributed by atoms with van der Waals surface area (Å²) in [5.41, 5.74) is 0.364. The lowest BCUT2D eigenvalue weighted by Gasteiger charge is -2.25. The number of rotatable bonds is 7. The second-order valence-corrected chi connectivity index (χ2v) is 8.13. The first kappa shape index (κ1) is 21.4. The third-order valence-corrected chi connectivity index (χ3v) is 6.01. The van der Waals surface area contributed by atoms with Gasteiger partial charge in [-0.05, 0) is 36.8 Å². The fourth-order valence-corrected chi connectivity index (χ4v) is 4.40. The number of carbonyl (C=O) groups is 2. The van der Waals surface area contributed by atoms with Gasteiger partial charge in [-0.25, -0.2) is 8.42 Å². The predicted molar refractivity (Wildman–Crippen MR) is 110 cm³/mol. The molecule has 0 spiro atoms. The lowest BCUT2D eigenvalue weighted by molar-refractivity contribution is -0.129. The molecule has 0 bridgehead atoms. The van der Waals surface area contributed by atoms with Crippen molar-refractivity contribution in [2.75, 3.05) is 31.0 Å². The average molecular weight is 434 g/mol. The number of benzene rings is 2. The minimum absolute atomic E-state index is 0.0654. The summed E-state index contributed by atoms with van der Waals surface area (Å²) < 4.78 is 44.3. The molecule has 0 aliphatic carbocycles. The van der Waals surface area contributed by atoms with Crippen molar-refractivity contribution < 1.29 is 32.2 Å². The van der Waals surface area contributed by atoms with Crippen LogP contribution in [0, 0.1) is 0 Å². The Labute approximate surface area is 174 Å². The molecule has 0 atom stereocenters. The SMILES string of the molecule is COc1ccc(NS(=O)(=O)c2cc(N3C(=O)CCCC3=O)ccc2OC)c(OC)c1. The van der Waals surface area contributed by atoms with Crippen LogP contribution in [0.2, 0.25) is 0 Å². The van der Waals surface area contributed by atoms with Gasteiger partial charge < -0.3 is 14.2 Å². The third kappa shape index (κ3) is 4.18. The molecule has 2 amide bonds. The summed E-state index contributed by atoms with van der Waals surface area (Å²) in [4.78, 5) is 25.3. The van der Waals surface area contributed by atoms with Crippen LogP contribution in [0.1, 0.15) is 19.3 Å². The molecule has 2 aromatic carbocycles. The second kappa shape index (κ2) is 8.62. The molecule has 1 aliphatic rings. The van der Waals surface area contributed by atoms with Gasteiger partial charge in [0.15, 0.2) is 0 Å². The first-order valence-corrected chi connectivity index (χ1v) is 10.6. The fourth-order valence-electron chi connectivity index (χ4n) is 3.14. The molecule has 0 unspecified atom stereocenters. The summed E-state index contributed by atoms with van der Waals surface area (Å²) in [7, 11) is 0.0715. The minimum atomic E-state index is -4.15. The van der Waals surface area contributed by atoms with Crippen molar-refractivity contribution in [3.63, 3.8) is 0 Å². The predicted octanol–water partition coefficient (Wildman–Crippen LogP) is 2.56. The number of carbonyl (C=O) groups excluding carboxylic acids is 2. The monoisotopic (exact) mass is 434 g/mol. The number of anilines is 2. The minimum Gasteiger partial charge on any atom is -0.497 e. The zero-order valence-corrected chi connectivity index (χ0v) is 17.6. The highest BCUT2D eigenvalue weighted by Gasteiger charge is 2.30. The second-order valence-electron chi connectivity index (χ2n) is 6.48. The number of hydrogen-bond acceptors (Lipinski definition) is 7. The zero-order chi connectivity index (χ0) is 21.9. The maximum atomic E-state index is 13.1. The lowest BCUT2D eigenvalue weighted by atomic mass is 10.1. The van der Waals surface area contributed by atoms with E-state index in [1.165, 1.54) is 51.7 Å². The van der Waals surface area contributed by atoms with E-state index in [4.69, 9.17) is 14.2 Å². The Morgan fingerprint density at radius 2 is 1.53 bits per heavy atom. The molecular formula is C20H22N2O7S. The summed E-state index contributed by atoms with van der Waals surface area (Å²) in [6, 6.07) is 8.76. The molecule has 0 saturated carbocycles. The highest BCUT2D eigenvalue weighted by atomic mass is 32.2. The number of methoxy groups -OCH3 is 3. The molecule has 0 aromatic heterocycles. The van der Waals surface area contributed by atoms with E-state index in [2.05, 4.69) is 4.72 Å². The molecule has 1 N–H and O–H groups in total. The molecule has 160 valence electrons. The first-order chi connectivity index (χ1) is 14.3. The van der Waals surface area contributed by atoms with E-state index in [-0.39, 0.29) is 52.4 Å². The summed E-state index contributed by atoms with van der Waals surface area (Å²) in [5.74, 6) is 0.0793. The fraction of sp³-hybridized carbons (Fsp3) is 0.300. The Hall–Kier alpha value is -3.27. The summed E-state index contributed by atoms with van der Waals surface area (Å²) in [6.45, 7) is 0. The van der Waals surface area contributed by atoms with Gasteiger partial charge in [0, 0.05) is 18.9 Å². The maximum Gasteiger partial charge on any atom is 0.265 e. The van der Waals surface area contributed by atoms with Crippen LogP contribution in [0.15, 0.2) is 41.3 Å². The van der Waals surface area contributed by atoms with Crippen LogP contribution in [0.5, 0.6) is 17.2 Å². The summed E-state index contributed by atoms with van der Waals surface area (Å²) >= 11 is 0. The van der Waals surface area contributed by atoms with Crippen LogP contribution in [0.4, 0.5) is 11.4 Å². The number of hydrogen-bond donors (Lipinski definition) is 1. The lowest BCUT2D eigenvalue weighted by Crippen LogP contribution is -2.40. The van der Waals surface area contributed by atoms with Crippen LogP contribution in [0.25, 0.3) is 0 Å². The van der Waals surface area contributed by atoms with E-state index in [9.17, 15) is 18.0 Å². The third-order valence-electron chi connectivity index (χ3n) is 4.63. The van der Waals surface area contributed by atoms with Crippen molar-refractivity contribution >= 4 is 33.2 Å². The van der Waals surface area contributed by atoms with Gasteiger partial charge in [0.25, 0.3) is 10.0 Å². The van der Waals surface area contributed by atoms with E-state index < -0.39 is 10.0 Å². The number of imide groups is 1. The van der Waals surface area contributed by atoms with Crippen molar-refractivity contribution in [2.24, 2.45) is 0 Å². The molecule has 1 fully saturated rings. The number of amides is 2. The smallest absolute Gasteiger partial charge is 0.265 e. The van der Waals surface area contributed by atoms with Crippen LogP contribution in [0.3, 0.4) is 0 Å². The molecule has 1 heterocycles. The molecule has 1 aliphatic heterocycles.